The second kappa shape index (κ2) is 5.56. The Morgan fingerprint density at radius 1 is 1.50 bits per heavy atom. The first-order chi connectivity index (χ1) is 6.65. The number of aliphatic hydroxyl groups excluding tert-OH is 1. The van der Waals surface area contributed by atoms with Crippen LogP contribution in [0.1, 0.15) is 6.92 Å². The number of hydrogen-bond donors (Lipinski definition) is 3. The zero-order valence-corrected chi connectivity index (χ0v) is 7.87. The Hall–Kier alpha value is -0.280. The fraction of sp³-hybridized carbons (Fsp3) is 1.00. The van der Waals surface area contributed by atoms with Crippen molar-refractivity contribution in [2.45, 2.75) is 25.2 Å². The minimum absolute atomic E-state index is 0.0886. The van der Waals surface area contributed by atoms with E-state index in [9.17, 15) is 5.11 Å². The van der Waals surface area contributed by atoms with Gasteiger partial charge < -0.3 is 14.6 Å². The first-order valence-electron chi connectivity index (χ1n) is 4.37. The van der Waals surface area contributed by atoms with Crippen LogP contribution in [0, 0.1) is 0 Å². The number of aliphatic hydroxyl groups is 1. The second-order valence-corrected chi connectivity index (χ2v) is 2.91. The van der Waals surface area contributed by atoms with Gasteiger partial charge in [0.1, 0.15) is 24.9 Å². The van der Waals surface area contributed by atoms with Crippen LogP contribution in [0.5, 0.6) is 0 Å². The molecule has 7 heteroatoms. The van der Waals surface area contributed by atoms with E-state index in [-0.39, 0.29) is 13.2 Å². The Balaban J connectivity index is 2.35. The van der Waals surface area contributed by atoms with Crippen LogP contribution in [-0.4, -0.2) is 59.0 Å². The van der Waals surface area contributed by atoms with Crippen LogP contribution in [0.3, 0.4) is 0 Å². The molecule has 0 aromatic carbocycles. The van der Waals surface area contributed by atoms with Crippen molar-refractivity contribution in [1.82, 2.24) is 5.39 Å². The summed E-state index contributed by atoms with van der Waals surface area (Å²) in [7, 11) is 0. The zero-order chi connectivity index (χ0) is 10.6. The second-order valence-electron chi connectivity index (χ2n) is 2.91. The van der Waals surface area contributed by atoms with Gasteiger partial charge in [0.05, 0.1) is 12.0 Å². The van der Waals surface area contributed by atoms with Gasteiger partial charge in [0.15, 0.2) is 0 Å². The summed E-state index contributed by atoms with van der Waals surface area (Å²) in [6, 6.07) is 0. The first kappa shape index (κ1) is 11.8. The maximum absolute atomic E-state index is 9.41. The molecule has 0 aromatic heterocycles. The van der Waals surface area contributed by atoms with E-state index in [1.54, 1.807) is 6.92 Å². The Morgan fingerprint density at radius 3 is 2.79 bits per heavy atom. The van der Waals surface area contributed by atoms with Gasteiger partial charge in [-0.25, -0.2) is 4.84 Å². The molecule has 3 N–H and O–H groups in total. The van der Waals surface area contributed by atoms with E-state index in [2.05, 4.69) is 4.84 Å². The summed E-state index contributed by atoms with van der Waals surface area (Å²) >= 11 is 0. The number of hydrogen-bond acceptors (Lipinski definition) is 7. The molecule has 1 saturated heterocycles. The minimum atomic E-state index is -0.700. The Bertz CT molecular complexity index is 166. The summed E-state index contributed by atoms with van der Waals surface area (Å²) in [6.07, 6.45) is -1.68. The Kier molecular flexibility index (Phi) is 4.69. The van der Waals surface area contributed by atoms with Gasteiger partial charge in [0, 0.05) is 6.61 Å². The van der Waals surface area contributed by atoms with Crippen LogP contribution >= 0.6 is 0 Å². The molecule has 0 aromatic rings. The lowest BCUT2D eigenvalue weighted by molar-refractivity contribution is -0.495. The molecule has 0 unspecified atom stereocenters. The summed E-state index contributed by atoms with van der Waals surface area (Å²) < 4.78 is 10.4. The summed E-state index contributed by atoms with van der Waals surface area (Å²) in [6.45, 7) is 2.32. The lowest BCUT2D eigenvalue weighted by atomic mass is 10.1. The number of rotatable bonds is 5. The van der Waals surface area contributed by atoms with Crippen LogP contribution in [0.15, 0.2) is 0 Å². The molecule has 1 aliphatic heterocycles. The van der Waals surface area contributed by atoms with E-state index in [4.69, 9.17) is 19.9 Å². The molecule has 84 valence electrons. The van der Waals surface area contributed by atoms with Gasteiger partial charge in [-0.05, 0) is 6.92 Å². The van der Waals surface area contributed by atoms with Crippen molar-refractivity contribution in [3.8, 4) is 0 Å². The summed E-state index contributed by atoms with van der Waals surface area (Å²) in [4.78, 5) is 4.38. The third-order valence-electron chi connectivity index (χ3n) is 1.94. The largest absolute Gasteiger partial charge is 0.388 e. The van der Waals surface area contributed by atoms with E-state index in [0.29, 0.717) is 6.61 Å². The molecular formula is C7H15NO6. The van der Waals surface area contributed by atoms with Crippen molar-refractivity contribution >= 4 is 0 Å². The van der Waals surface area contributed by atoms with E-state index in [1.165, 1.54) is 0 Å². The molecule has 0 spiro atoms. The predicted molar refractivity (Wildman–Crippen MR) is 42.5 cm³/mol. The third kappa shape index (κ3) is 3.14. The Morgan fingerprint density at radius 2 is 2.21 bits per heavy atom. The van der Waals surface area contributed by atoms with Crippen LogP contribution in [-0.2, 0) is 14.3 Å². The van der Waals surface area contributed by atoms with Crippen molar-refractivity contribution in [1.29, 1.82) is 0 Å². The standard InChI is InChI=1S/C7H15NO6/c1-2-12-7-5(9)3-13-6(7)4-14-8(10)11/h5-7,9-11H,2-4H2,1H3/t5-,6-,7-/m1/s1. The quantitative estimate of drug-likeness (QED) is 0.508. The van der Waals surface area contributed by atoms with Crippen LogP contribution in [0.4, 0.5) is 0 Å². The first-order valence-corrected chi connectivity index (χ1v) is 4.37. The maximum Gasteiger partial charge on any atom is 0.114 e. The van der Waals surface area contributed by atoms with Crippen molar-refractivity contribution < 1.29 is 29.8 Å². The SMILES string of the molecule is CCO[C@@H]1[C@H](O)CO[C@@H]1CON(O)O. The fourth-order valence-electron chi connectivity index (χ4n) is 1.35. The molecule has 3 atom stereocenters. The van der Waals surface area contributed by atoms with Crippen molar-refractivity contribution in [2.24, 2.45) is 0 Å². The van der Waals surface area contributed by atoms with Crippen LogP contribution < -0.4 is 0 Å². The Labute approximate surface area is 81.3 Å². The smallest absolute Gasteiger partial charge is 0.114 e. The fourth-order valence-corrected chi connectivity index (χ4v) is 1.35. The molecule has 14 heavy (non-hydrogen) atoms. The van der Waals surface area contributed by atoms with Crippen molar-refractivity contribution in [3.63, 3.8) is 0 Å². The van der Waals surface area contributed by atoms with Gasteiger partial charge in [-0.3, -0.25) is 10.4 Å². The molecule has 7 nitrogen and oxygen atoms in total. The lowest BCUT2D eigenvalue weighted by Crippen LogP contribution is -2.37. The molecule has 0 radical (unpaired) electrons. The highest BCUT2D eigenvalue weighted by Gasteiger charge is 2.37. The number of ether oxygens (including phenoxy) is 2. The van der Waals surface area contributed by atoms with E-state index < -0.39 is 23.7 Å². The maximum atomic E-state index is 9.41. The summed E-state index contributed by atoms with van der Waals surface area (Å²) in [5.74, 6) is 0. The van der Waals surface area contributed by atoms with E-state index in [1.807, 2.05) is 0 Å². The highest BCUT2D eigenvalue weighted by molar-refractivity contribution is 4.84. The topological polar surface area (TPSA) is 91.6 Å². The molecule has 0 amide bonds. The molecule has 1 aliphatic rings. The number of nitrogens with zero attached hydrogens (tertiary/aromatic N) is 1. The average Bonchev–Trinajstić information content (AvgIpc) is 2.46. The van der Waals surface area contributed by atoms with Gasteiger partial charge in [-0.1, -0.05) is 0 Å². The molecular weight excluding hydrogens is 194 g/mol. The monoisotopic (exact) mass is 209 g/mol. The van der Waals surface area contributed by atoms with Crippen molar-refractivity contribution in [3.05, 3.63) is 0 Å². The predicted octanol–water partition coefficient (Wildman–Crippen LogP) is -0.837. The summed E-state index contributed by atoms with van der Waals surface area (Å²) in [5, 5.41) is 25.6. The van der Waals surface area contributed by atoms with Gasteiger partial charge >= 0.3 is 0 Å². The van der Waals surface area contributed by atoms with Gasteiger partial charge in [0.25, 0.3) is 0 Å². The highest BCUT2D eigenvalue weighted by atomic mass is 17.1. The molecule has 0 saturated carbocycles. The molecule has 0 aliphatic carbocycles. The van der Waals surface area contributed by atoms with Gasteiger partial charge in [-0.2, -0.15) is 0 Å². The van der Waals surface area contributed by atoms with Crippen LogP contribution in [0.25, 0.3) is 0 Å². The molecule has 1 heterocycles. The molecule has 1 rings (SSSR count). The van der Waals surface area contributed by atoms with Crippen LogP contribution in [0.2, 0.25) is 0 Å². The highest BCUT2D eigenvalue weighted by Crippen LogP contribution is 2.18. The minimum Gasteiger partial charge on any atom is -0.388 e. The lowest BCUT2D eigenvalue weighted by Gasteiger charge is -2.20. The average molecular weight is 209 g/mol. The van der Waals surface area contributed by atoms with E-state index in [0.717, 1.165) is 0 Å². The van der Waals surface area contributed by atoms with Gasteiger partial charge in [0.2, 0.25) is 0 Å². The van der Waals surface area contributed by atoms with E-state index >= 15 is 0 Å². The van der Waals surface area contributed by atoms with Gasteiger partial charge in [-0.15, -0.1) is 0 Å². The molecule has 0 bridgehead atoms. The van der Waals surface area contributed by atoms with Crippen molar-refractivity contribution in [2.75, 3.05) is 19.8 Å². The third-order valence-corrected chi connectivity index (χ3v) is 1.94. The normalized spacial score (nSPS) is 32.8. The summed E-state index contributed by atoms with van der Waals surface area (Å²) in [5.41, 5.74) is 0. The zero-order valence-electron chi connectivity index (χ0n) is 7.87. The molecule has 1 fully saturated rings.